The largest absolute Gasteiger partial charge is 0.308 e. The van der Waals surface area contributed by atoms with Crippen LogP contribution in [0.3, 0.4) is 0 Å². The smallest absolute Gasteiger partial charge is 0.0309 e. The van der Waals surface area contributed by atoms with Gasteiger partial charge in [-0.05, 0) is 44.1 Å². The lowest BCUT2D eigenvalue weighted by Crippen LogP contribution is -2.64. The summed E-state index contributed by atoms with van der Waals surface area (Å²) in [5.41, 5.74) is 0.485. The van der Waals surface area contributed by atoms with E-state index in [0.717, 1.165) is 17.9 Å². The Morgan fingerprint density at radius 1 is 1.10 bits per heavy atom. The first-order chi connectivity index (χ1) is 10.2. The molecule has 0 radical (unpaired) electrons. The standard InChI is InChI=1S/C19H36N2/c1-16(2)18-14-20-19(11-5-6-12-19)15-21(18)13-7-10-17-8-3-4-9-17/h16-18,20H,3-15H2,1-2H3. The minimum atomic E-state index is 0.485. The Labute approximate surface area is 132 Å². The third-order valence-electron chi connectivity index (χ3n) is 6.52. The highest BCUT2D eigenvalue weighted by molar-refractivity contribution is 5.01. The molecule has 1 saturated heterocycles. The molecule has 2 nitrogen and oxygen atoms in total. The van der Waals surface area contributed by atoms with Gasteiger partial charge in [-0.2, -0.15) is 0 Å². The van der Waals surface area contributed by atoms with Gasteiger partial charge in [0.25, 0.3) is 0 Å². The molecule has 2 saturated carbocycles. The second kappa shape index (κ2) is 7.00. The SMILES string of the molecule is CC(C)C1CNC2(CCCC2)CN1CCCC1CCCC1. The molecule has 1 N–H and O–H groups in total. The molecule has 0 aromatic rings. The summed E-state index contributed by atoms with van der Waals surface area (Å²) in [6.07, 6.45) is 14.6. The number of nitrogens with zero attached hydrogens (tertiary/aromatic N) is 1. The number of hydrogen-bond donors (Lipinski definition) is 1. The van der Waals surface area contributed by atoms with E-state index in [1.54, 1.807) is 0 Å². The molecule has 3 fully saturated rings. The van der Waals surface area contributed by atoms with E-state index in [4.69, 9.17) is 0 Å². The number of rotatable bonds is 5. The van der Waals surface area contributed by atoms with Gasteiger partial charge in [0, 0.05) is 24.7 Å². The van der Waals surface area contributed by atoms with Crippen molar-refractivity contribution in [3.05, 3.63) is 0 Å². The van der Waals surface area contributed by atoms with E-state index in [0.29, 0.717) is 5.54 Å². The molecule has 1 aliphatic heterocycles. The average molecular weight is 293 g/mol. The highest BCUT2D eigenvalue weighted by Crippen LogP contribution is 2.35. The molecule has 0 aromatic heterocycles. The van der Waals surface area contributed by atoms with Crippen LogP contribution in [0.25, 0.3) is 0 Å². The predicted molar refractivity (Wildman–Crippen MR) is 90.6 cm³/mol. The maximum absolute atomic E-state index is 3.95. The van der Waals surface area contributed by atoms with Crippen LogP contribution in [0.4, 0.5) is 0 Å². The lowest BCUT2D eigenvalue weighted by atomic mass is 9.88. The van der Waals surface area contributed by atoms with Crippen molar-refractivity contribution in [1.29, 1.82) is 0 Å². The van der Waals surface area contributed by atoms with Crippen LogP contribution >= 0.6 is 0 Å². The zero-order valence-electron chi connectivity index (χ0n) is 14.4. The normalized spacial score (nSPS) is 30.7. The zero-order chi connectivity index (χ0) is 14.7. The van der Waals surface area contributed by atoms with Gasteiger partial charge in [0.2, 0.25) is 0 Å². The van der Waals surface area contributed by atoms with E-state index in [-0.39, 0.29) is 0 Å². The van der Waals surface area contributed by atoms with Crippen molar-refractivity contribution >= 4 is 0 Å². The Bertz CT molecular complexity index is 314. The quantitative estimate of drug-likeness (QED) is 0.817. The molecule has 122 valence electrons. The van der Waals surface area contributed by atoms with Gasteiger partial charge in [0.05, 0.1) is 0 Å². The lowest BCUT2D eigenvalue weighted by Gasteiger charge is -2.48. The van der Waals surface area contributed by atoms with Crippen molar-refractivity contribution in [1.82, 2.24) is 10.2 Å². The third-order valence-corrected chi connectivity index (χ3v) is 6.52. The minimum absolute atomic E-state index is 0.485. The molecule has 3 rings (SSSR count). The number of nitrogens with one attached hydrogen (secondary N) is 1. The van der Waals surface area contributed by atoms with Crippen LogP contribution in [0.5, 0.6) is 0 Å². The van der Waals surface area contributed by atoms with Crippen molar-refractivity contribution in [3.63, 3.8) is 0 Å². The molecule has 1 spiro atoms. The van der Waals surface area contributed by atoms with Crippen LogP contribution in [0.1, 0.15) is 78.1 Å². The van der Waals surface area contributed by atoms with Gasteiger partial charge in [0.15, 0.2) is 0 Å². The second-order valence-corrected chi connectivity index (χ2v) is 8.44. The molecule has 1 unspecified atom stereocenters. The Morgan fingerprint density at radius 3 is 2.48 bits per heavy atom. The first kappa shape index (κ1) is 15.8. The first-order valence-electron chi connectivity index (χ1n) is 9.68. The monoisotopic (exact) mass is 292 g/mol. The molecule has 2 heteroatoms. The Kier molecular flexibility index (Phi) is 5.27. The van der Waals surface area contributed by atoms with Crippen molar-refractivity contribution in [2.75, 3.05) is 19.6 Å². The third kappa shape index (κ3) is 3.82. The molecule has 1 heterocycles. The van der Waals surface area contributed by atoms with Crippen molar-refractivity contribution in [3.8, 4) is 0 Å². The molecular weight excluding hydrogens is 256 g/mol. The van der Waals surface area contributed by atoms with E-state index in [1.807, 2.05) is 0 Å². The molecule has 21 heavy (non-hydrogen) atoms. The van der Waals surface area contributed by atoms with Gasteiger partial charge in [0.1, 0.15) is 0 Å². The van der Waals surface area contributed by atoms with E-state index in [9.17, 15) is 0 Å². The zero-order valence-corrected chi connectivity index (χ0v) is 14.4. The van der Waals surface area contributed by atoms with Crippen molar-refractivity contribution in [2.45, 2.75) is 89.6 Å². The first-order valence-corrected chi connectivity index (χ1v) is 9.68. The Balaban J connectivity index is 1.52. The summed E-state index contributed by atoms with van der Waals surface area (Å²) in [7, 11) is 0. The highest BCUT2D eigenvalue weighted by atomic mass is 15.3. The van der Waals surface area contributed by atoms with Crippen LogP contribution in [-0.4, -0.2) is 36.1 Å². The molecule has 0 aromatic carbocycles. The van der Waals surface area contributed by atoms with E-state index in [2.05, 4.69) is 24.1 Å². The molecular formula is C19H36N2. The number of piperazine rings is 1. The maximum Gasteiger partial charge on any atom is 0.0309 e. The van der Waals surface area contributed by atoms with E-state index < -0.39 is 0 Å². The fraction of sp³-hybridized carbons (Fsp3) is 1.00. The topological polar surface area (TPSA) is 15.3 Å². The predicted octanol–water partition coefficient (Wildman–Crippen LogP) is 4.20. The van der Waals surface area contributed by atoms with Gasteiger partial charge in [-0.1, -0.05) is 52.4 Å². The van der Waals surface area contributed by atoms with Crippen molar-refractivity contribution in [2.24, 2.45) is 11.8 Å². The summed E-state index contributed by atoms with van der Waals surface area (Å²) in [5.74, 6) is 1.84. The summed E-state index contributed by atoms with van der Waals surface area (Å²) >= 11 is 0. The lowest BCUT2D eigenvalue weighted by molar-refractivity contribution is 0.0548. The van der Waals surface area contributed by atoms with Crippen LogP contribution in [0.2, 0.25) is 0 Å². The molecule has 0 amide bonds. The number of hydrogen-bond acceptors (Lipinski definition) is 2. The molecule has 0 bridgehead atoms. The summed E-state index contributed by atoms with van der Waals surface area (Å²) < 4.78 is 0. The molecule has 3 aliphatic rings. The van der Waals surface area contributed by atoms with Crippen LogP contribution < -0.4 is 5.32 Å². The van der Waals surface area contributed by atoms with Gasteiger partial charge >= 0.3 is 0 Å². The van der Waals surface area contributed by atoms with Gasteiger partial charge in [-0.25, -0.2) is 0 Å². The van der Waals surface area contributed by atoms with Gasteiger partial charge in [-0.3, -0.25) is 4.90 Å². The van der Waals surface area contributed by atoms with E-state index >= 15 is 0 Å². The Morgan fingerprint density at radius 2 is 1.81 bits per heavy atom. The molecule has 2 aliphatic carbocycles. The fourth-order valence-corrected chi connectivity index (χ4v) is 5.18. The minimum Gasteiger partial charge on any atom is -0.308 e. The van der Waals surface area contributed by atoms with Crippen LogP contribution in [0.15, 0.2) is 0 Å². The fourth-order valence-electron chi connectivity index (χ4n) is 5.18. The Hall–Kier alpha value is -0.0800. The van der Waals surface area contributed by atoms with Gasteiger partial charge < -0.3 is 5.32 Å². The van der Waals surface area contributed by atoms with Crippen LogP contribution in [-0.2, 0) is 0 Å². The molecule has 1 atom stereocenters. The van der Waals surface area contributed by atoms with Gasteiger partial charge in [-0.15, -0.1) is 0 Å². The van der Waals surface area contributed by atoms with Crippen LogP contribution in [0, 0.1) is 11.8 Å². The highest BCUT2D eigenvalue weighted by Gasteiger charge is 2.41. The average Bonchev–Trinajstić information content (AvgIpc) is 3.11. The summed E-state index contributed by atoms with van der Waals surface area (Å²) in [6.45, 7) is 8.70. The summed E-state index contributed by atoms with van der Waals surface area (Å²) in [6, 6.07) is 0.764. The van der Waals surface area contributed by atoms with Crippen molar-refractivity contribution < 1.29 is 0 Å². The summed E-state index contributed by atoms with van der Waals surface area (Å²) in [5, 5.41) is 3.95. The second-order valence-electron chi connectivity index (χ2n) is 8.44. The maximum atomic E-state index is 3.95. The summed E-state index contributed by atoms with van der Waals surface area (Å²) in [4.78, 5) is 2.86. The van der Waals surface area contributed by atoms with E-state index in [1.165, 1.54) is 83.8 Å².